The zero-order chi connectivity index (χ0) is 15.4. The Balaban J connectivity index is 1.85. The summed E-state index contributed by atoms with van der Waals surface area (Å²) in [6.07, 6.45) is 3.49. The van der Waals surface area contributed by atoms with Crippen LogP contribution in [0.5, 0.6) is 0 Å². The van der Waals surface area contributed by atoms with Gasteiger partial charge in [0.1, 0.15) is 5.82 Å². The first-order valence-electron chi connectivity index (χ1n) is 7.66. The van der Waals surface area contributed by atoms with Crippen LogP contribution in [0.25, 0.3) is 0 Å². The molecule has 3 N–H and O–H groups in total. The summed E-state index contributed by atoms with van der Waals surface area (Å²) in [4.78, 5) is 23.0. The molecule has 1 aliphatic carbocycles. The molecule has 0 aliphatic heterocycles. The van der Waals surface area contributed by atoms with E-state index in [0.29, 0.717) is 11.7 Å². The van der Waals surface area contributed by atoms with Crippen molar-refractivity contribution >= 4 is 17.6 Å². The molecule has 2 rings (SSSR count). The third-order valence-corrected chi connectivity index (χ3v) is 4.18. The van der Waals surface area contributed by atoms with E-state index in [9.17, 15) is 9.59 Å². The molecule has 0 atom stereocenters. The van der Waals surface area contributed by atoms with Gasteiger partial charge in [-0.05, 0) is 25.7 Å². The van der Waals surface area contributed by atoms with Crippen LogP contribution in [0.4, 0.5) is 5.82 Å². The monoisotopic (exact) mass is 292 g/mol. The van der Waals surface area contributed by atoms with Crippen LogP contribution in [-0.2, 0) is 9.59 Å². The van der Waals surface area contributed by atoms with Crippen LogP contribution < -0.4 is 10.6 Å². The number of nitrogens with zero attached hydrogens (tertiary/aromatic N) is 1. The highest BCUT2D eigenvalue weighted by molar-refractivity contribution is 5.91. The molecular weight excluding hydrogens is 268 g/mol. The van der Waals surface area contributed by atoms with Crippen LogP contribution in [0.3, 0.4) is 0 Å². The van der Waals surface area contributed by atoms with E-state index in [1.807, 2.05) is 19.9 Å². The molecule has 2 amide bonds. The smallest absolute Gasteiger partial charge is 0.228 e. The average Bonchev–Trinajstić information content (AvgIpc) is 2.82. The zero-order valence-corrected chi connectivity index (χ0v) is 12.9. The van der Waals surface area contributed by atoms with Gasteiger partial charge in [-0.1, -0.05) is 13.8 Å². The highest BCUT2D eigenvalue weighted by Crippen LogP contribution is 2.36. The summed E-state index contributed by atoms with van der Waals surface area (Å²) >= 11 is 0. The van der Waals surface area contributed by atoms with Crippen molar-refractivity contribution in [2.24, 2.45) is 5.92 Å². The van der Waals surface area contributed by atoms with Crippen LogP contribution in [0.2, 0.25) is 0 Å². The third-order valence-electron chi connectivity index (χ3n) is 4.18. The van der Waals surface area contributed by atoms with Gasteiger partial charge in [-0.25, -0.2) is 0 Å². The normalized spacial score (nSPS) is 21.0. The van der Waals surface area contributed by atoms with E-state index in [-0.39, 0.29) is 23.8 Å². The van der Waals surface area contributed by atoms with Gasteiger partial charge in [0.05, 0.1) is 5.69 Å². The molecule has 116 valence electrons. The number of carbonyl (C=O) groups is 2. The van der Waals surface area contributed by atoms with E-state index in [4.69, 9.17) is 0 Å². The van der Waals surface area contributed by atoms with Gasteiger partial charge >= 0.3 is 0 Å². The van der Waals surface area contributed by atoms with Gasteiger partial charge < -0.3 is 10.6 Å². The van der Waals surface area contributed by atoms with Crippen molar-refractivity contribution in [2.75, 3.05) is 5.32 Å². The van der Waals surface area contributed by atoms with Crippen LogP contribution in [0.1, 0.15) is 58.1 Å². The van der Waals surface area contributed by atoms with Gasteiger partial charge in [-0.3, -0.25) is 14.7 Å². The SMILES string of the molecule is CCC(CC)C(=O)Nc1cc([C@H]2C[C@@H](NC(C)=O)C2)n[nH]1. The fourth-order valence-electron chi connectivity index (χ4n) is 2.77. The number of nitrogens with one attached hydrogen (secondary N) is 3. The highest BCUT2D eigenvalue weighted by Gasteiger charge is 2.32. The van der Waals surface area contributed by atoms with Gasteiger partial charge in [-0.15, -0.1) is 0 Å². The first-order valence-corrected chi connectivity index (χ1v) is 7.66. The number of hydrogen-bond donors (Lipinski definition) is 3. The summed E-state index contributed by atoms with van der Waals surface area (Å²) in [6, 6.07) is 2.15. The first kappa shape index (κ1) is 15.5. The van der Waals surface area contributed by atoms with E-state index in [0.717, 1.165) is 31.4 Å². The number of aromatic amines is 1. The van der Waals surface area contributed by atoms with E-state index in [1.165, 1.54) is 6.92 Å². The van der Waals surface area contributed by atoms with Gasteiger partial charge in [0.25, 0.3) is 0 Å². The quantitative estimate of drug-likeness (QED) is 0.751. The number of rotatable bonds is 6. The molecule has 1 fully saturated rings. The third kappa shape index (κ3) is 3.83. The first-order chi connectivity index (χ1) is 10.0. The minimum atomic E-state index is 0.0126. The maximum absolute atomic E-state index is 12.0. The molecule has 6 heteroatoms. The molecule has 1 heterocycles. The molecule has 0 bridgehead atoms. The standard InChI is InChI=1S/C15H24N4O2/c1-4-10(5-2)15(21)17-14-8-13(18-19-14)11-6-12(7-11)16-9(3)20/h8,10-12H,4-7H2,1-3H3,(H,16,20)(H2,17,18,19,21)/t11-,12+. The van der Waals surface area contributed by atoms with Crippen molar-refractivity contribution in [3.05, 3.63) is 11.8 Å². The summed E-state index contributed by atoms with van der Waals surface area (Å²) in [5.74, 6) is 1.12. The zero-order valence-electron chi connectivity index (χ0n) is 12.9. The average molecular weight is 292 g/mol. The largest absolute Gasteiger partial charge is 0.354 e. The number of H-pyrrole nitrogens is 1. The minimum Gasteiger partial charge on any atom is -0.354 e. The topological polar surface area (TPSA) is 86.9 Å². The fraction of sp³-hybridized carbons (Fsp3) is 0.667. The maximum Gasteiger partial charge on any atom is 0.228 e. The van der Waals surface area contributed by atoms with E-state index < -0.39 is 0 Å². The number of anilines is 1. The Morgan fingerprint density at radius 2 is 2.05 bits per heavy atom. The molecular formula is C15H24N4O2. The molecule has 1 aliphatic rings. The Morgan fingerprint density at radius 1 is 1.38 bits per heavy atom. The Kier molecular flexibility index (Phi) is 4.98. The molecule has 0 radical (unpaired) electrons. The molecule has 0 aromatic carbocycles. The molecule has 1 aromatic rings. The van der Waals surface area contributed by atoms with Gasteiger partial charge in [0, 0.05) is 30.9 Å². The van der Waals surface area contributed by atoms with Crippen molar-refractivity contribution in [3.8, 4) is 0 Å². The number of carbonyl (C=O) groups excluding carboxylic acids is 2. The van der Waals surface area contributed by atoms with Crippen molar-refractivity contribution in [3.63, 3.8) is 0 Å². The molecule has 0 saturated heterocycles. The maximum atomic E-state index is 12.0. The summed E-state index contributed by atoms with van der Waals surface area (Å²) in [5.41, 5.74) is 0.955. The molecule has 0 spiro atoms. The predicted molar refractivity (Wildman–Crippen MR) is 80.9 cm³/mol. The number of aromatic nitrogens is 2. The lowest BCUT2D eigenvalue weighted by atomic mass is 9.78. The summed E-state index contributed by atoms with van der Waals surface area (Å²) in [7, 11) is 0. The van der Waals surface area contributed by atoms with Crippen molar-refractivity contribution in [2.45, 2.75) is 58.4 Å². The molecule has 0 unspecified atom stereocenters. The van der Waals surface area contributed by atoms with Crippen molar-refractivity contribution in [1.29, 1.82) is 0 Å². The molecule has 1 aromatic heterocycles. The summed E-state index contributed by atoms with van der Waals surface area (Å²) < 4.78 is 0. The van der Waals surface area contributed by atoms with E-state index in [1.54, 1.807) is 0 Å². The Hall–Kier alpha value is -1.85. The predicted octanol–water partition coefficient (Wildman–Crippen LogP) is 2.17. The lowest BCUT2D eigenvalue weighted by molar-refractivity contribution is -0.121. The second-order valence-electron chi connectivity index (χ2n) is 5.77. The van der Waals surface area contributed by atoms with Crippen LogP contribution in [0, 0.1) is 5.92 Å². The minimum absolute atomic E-state index is 0.0126. The number of amides is 2. The second-order valence-corrected chi connectivity index (χ2v) is 5.77. The lowest BCUT2D eigenvalue weighted by Crippen LogP contribution is -2.42. The Labute approximate surface area is 125 Å². The Bertz CT molecular complexity index is 502. The van der Waals surface area contributed by atoms with Gasteiger partial charge in [0.2, 0.25) is 11.8 Å². The van der Waals surface area contributed by atoms with E-state index in [2.05, 4.69) is 20.8 Å². The van der Waals surface area contributed by atoms with Gasteiger partial charge in [-0.2, -0.15) is 5.10 Å². The molecule has 1 saturated carbocycles. The van der Waals surface area contributed by atoms with E-state index >= 15 is 0 Å². The molecule has 21 heavy (non-hydrogen) atoms. The fourth-order valence-corrected chi connectivity index (χ4v) is 2.77. The highest BCUT2D eigenvalue weighted by atomic mass is 16.2. The summed E-state index contributed by atoms with van der Waals surface area (Å²) in [6.45, 7) is 5.57. The van der Waals surface area contributed by atoms with Crippen LogP contribution in [-0.4, -0.2) is 28.1 Å². The second kappa shape index (κ2) is 6.74. The van der Waals surface area contributed by atoms with Gasteiger partial charge in [0.15, 0.2) is 0 Å². The van der Waals surface area contributed by atoms with Crippen molar-refractivity contribution in [1.82, 2.24) is 15.5 Å². The van der Waals surface area contributed by atoms with Crippen molar-refractivity contribution < 1.29 is 9.59 Å². The number of hydrogen-bond acceptors (Lipinski definition) is 3. The van der Waals surface area contributed by atoms with Crippen LogP contribution >= 0.6 is 0 Å². The lowest BCUT2D eigenvalue weighted by Gasteiger charge is -2.34. The van der Waals surface area contributed by atoms with Crippen LogP contribution in [0.15, 0.2) is 6.07 Å². The summed E-state index contributed by atoms with van der Waals surface area (Å²) in [5, 5.41) is 12.9. The molecule has 6 nitrogen and oxygen atoms in total. The Morgan fingerprint density at radius 3 is 2.62 bits per heavy atom.